The summed E-state index contributed by atoms with van der Waals surface area (Å²) in [5.74, 6) is -1.31. The van der Waals surface area contributed by atoms with Gasteiger partial charge in [-0.1, -0.05) is 26.0 Å². The van der Waals surface area contributed by atoms with E-state index in [2.05, 4.69) is 25.3 Å². The van der Waals surface area contributed by atoms with Crippen LogP contribution >= 0.6 is 0 Å². The largest absolute Gasteiger partial charge is 0.497 e. The van der Waals surface area contributed by atoms with Crippen LogP contribution in [0.3, 0.4) is 0 Å². The number of fused-ring (bicyclic) bond motifs is 3. The van der Waals surface area contributed by atoms with E-state index in [9.17, 15) is 40.4 Å². The van der Waals surface area contributed by atoms with Gasteiger partial charge in [-0.3, -0.25) is 19.2 Å². The second-order valence-corrected chi connectivity index (χ2v) is 19.6. The number of amides is 3. The molecule has 3 amide bonds. The molecule has 0 spiro atoms. The van der Waals surface area contributed by atoms with E-state index >= 15 is 0 Å². The summed E-state index contributed by atoms with van der Waals surface area (Å²) in [4.78, 5) is 54.4. The molecule has 60 heavy (non-hydrogen) atoms. The maximum atomic E-state index is 14.6. The van der Waals surface area contributed by atoms with Gasteiger partial charge in [0.1, 0.15) is 28.8 Å². The molecule has 1 saturated heterocycles. The zero-order chi connectivity index (χ0) is 44.0. The van der Waals surface area contributed by atoms with E-state index in [-0.39, 0.29) is 56.5 Å². The summed E-state index contributed by atoms with van der Waals surface area (Å²) >= 11 is 0. The predicted molar refractivity (Wildman–Crippen MR) is 214 cm³/mol. The maximum absolute atomic E-state index is 14.6. The van der Waals surface area contributed by atoms with Gasteiger partial charge in [-0.25, -0.2) is 22.6 Å². The Balaban J connectivity index is 1.35. The zero-order valence-corrected chi connectivity index (χ0v) is 35.7. The van der Waals surface area contributed by atoms with E-state index in [1.54, 1.807) is 48.2 Å². The van der Waals surface area contributed by atoms with Crippen molar-refractivity contribution < 1.29 is 54.6 Å². The average Bonchev–Trinajstić information content (AvgIpc) is 4.07. The zero-order valence-electron chi connectivity index (χ0n) is 34.9. The molecule has 2 aliphatic carbocycles. The highest BCUT2D eigenvalue weighted by atomic mass is 32.2. The molecule has 3 fully saturated rings. The molecule has 7 atom stereocenters. The normalized spacial score (nSPS) is 28.6. The fraction of sp³-hybridized carbons (Fsp3) is 0.675. The fourth-order valence-electron chi connectivity index (χ4n) is 7.93. The number of sulfonamides is 1. The molecule has 15 nitrogen and oxygen atoms in total. The van der Waals surface area contributed by atoms with E-state index in [1.165, 1.54) is 7.11 Å². The molecule has 1 aromatic carbocycles. The number of ether oxygens (including phenoxy) is 3. The number of methoxy groups -OCH3 is 1. The van der Waals surface area contributed by atoms with Gasteiger partial charge < -0.3 is 29.7 Å². The molecule has 1 aromatic heterocycles. The first-order valence-electron chi connectivity index (χ1n) is 20.1. The first-order valence-corrected chi connectivity index (χ1v) is 21.6. The highest BCUT2D eigenvalue weighted by Crippen LogP contribution is 2.48. The molecular weight excluding hydrogens is 815 g/mol. The number of benzene rings is 1. The summed E-state index contributed by atoms with van der Waals surface area (Å²) < 4.78 is 98.9. The van der Waals surface area contributed by atoms with Crippen LogP contribution in [0.25, 0.3) is 10.9 Å². The minimum absolute atomic E-state index is 0.0354. The molecule has 3 heterocycles. The highest BCUT2D eigenvalue weighted by Gasteiger charge is 2.64. The first kappa shape index (κ1) is 45.1. The maximum Gasteiger partial charge on any atom is 0.427 e. The third-order valence-corrected chi connectivity index (χ3v) is 14.3. The van der Waals surface area contributed by atoms with Crippen molar-refractivity contribution in [2.75, 3.05) is 45.9 Å². The van der Waals surface area contributed by atoms with Gasteiger partial charge in [0.05, 0.1) is 24.1 Å². The van der Waals surface area contributed by atoms with Crippen molar-refractivity contribution in [2.24, 2.45) is 17.8 Å². The molecule has 3 N–H and O–H groups in total. The number of alkyl carbamates (subject to hydrolysis) is 1. The third-order valence-electron chi connectivity index (χ3n) is 12.2. The van der Waals surface area contributed by atoms with Crippen LogP contribution in [0.1, 0.15) is 72.6 Å². The van der Waals surface area contributed by atoms with E-state index < -0.39 is 80.8 Å². The van der Waals surface area contributed by atoms with Gasteiger partial charge in [-0.2, -0.15) is 18.2 Å². The van der Waals surface area contributed by atoms with Gasteiger partial charge in [0, 0.05) is 51.6 Å². The van der Waals surface area contributed by atoms with Crippen molar-refractivity contribution in [3.8, 4) is 11.6 Å². The number of hydrogen-bond donors (Lipinski definition) is 3. The molecule has 2 saturated carbocycles. The lowest BCUT2D eigenvalue weighted by atomic mass is 9.88. The number of alkyl halides is 4. The summed E-state index contributed by atoms with van der Waals surface area (Å²) in [6, 6.07) is 3.34. The number of aromatic nitrogens is 2. The highest BCUT2D eigenvalue weighted by molar-refractivity contribution is 7.91. The fourth-order valence-corrected chi connectivity index (χ4v) is 9.36. The molecule has 2 aliphatic heterocycles. The molecule has 0 radical (unpaired) electrons. The SMILES string of the molecule is COc1ccc2c(OC3CC4C(=O)NC5(C(=O)NS(=O)(=O)C6(CF)CC6)CC5C=CCCC(C)CC(C)C(NC(=O)OC(C)(C)C(F)(F)F)CN4C3)nc(N(C)C)nc2c1. The molecular formula is C40H55F4N7O8S. The Morgan fingerprint density at radius 1 is 1.10 bits per heavy atom. The van der Waals surface area contributed by atoms with Crippen LogP contribution in [0.2, 0.25) is 0 Å². The monoisotopic (exact) mass is 869 g/mol. The smallest absolute Gasteiger partial charge is 0.427 e. The number of nitrogens with one attached hydrogen (secondary N) is 3. The Labute approximate surface area is 347 Å². The van der Waals surface area contributed by atoms with Crippen molar-refractivity contribution >= 4 is 44.8 Å². The van der Waals surface area contributed by atoms with Gasteiger partial charge in [0.15, 0.2) is 0 Å². The third kappa shape index (κ3) is 9.38. The summed E-state index contributed by atoms with van der Waals surface area (Å²) in [7, 11) is 0.632. The number of nitrogens with zero attached hydrogens (tertiary/aromatic N) is 4. The van der Waals surface area contributed by atoms with Crippen LogP contribution in [0, 0.1) is 17.8 Å². The van der Waals surface area contributed by atoms with Gasteiger partial charge in [0.2, 0.25) is 33.4 Å². The standard InChI is InChI=1S/C40H55F4N7O8S/c1-23-10-8-9-11-25-19-39(25,34(53)49-60(55,56)38(22-41)14-15-38)48-32(52)31-18-27(58-33-28-13-12-26(57-7)17-29(28)45-35(47-33)50(5)6)20-51(31)21-30(24(2)16-23)46-36(54)59-37(3,4)40(42,43)44/h9,11-13,17,23-25,27,30-31H,8,10,14-16,18-22H2,1-7H3,(H,46,54)(H,48,52)(H,49,53). The molecule has 4 aliphatic rings. The molecule has 332 valence electrons. The Morgan fingerprint density at radius 3 is 2.45 bits per heavy atom. The lowest BCUT2D eigenvalue weighted by molar-refractivity contribution is -0.244. The van der Waals surface area contributed by atoms with Crippen molar-refractivity contribution in [1.29, 1.82) is 0 Å². The van der Waals surface area contributed by atoms with Crippen molar-refractivity contribution in [3.63, 3.8) is 0 Å². The van der Waals surface area contributed by atoms with E-state index in [0.29, 0.717) is 41.9 Å². The van der Waals surface area contributed by atoms with E-state index in [1.807, 2.05) is 19.9 Å². The molecule has 2 aromatic rings. The minimum atomic E-state index is -4.85. The summed E-state index contributed by atoms with van der Waals surface area (Å²) in [5.41, 5.74) is -3.93. The number of carbonyl (C=O) groups is 3. The quantitative estimate of drug-likeness (QED) is 0.220. The Kier molecular flexibility index (Phi) is 12.6. The van der Waals surface area contributed by atoms with Crippen LogP contribution in [-0.4, -0.2) is 122 Å². The average molecular weight is 870 g/mol. The van der Waals surface area contributed by atoms with Crippen LogP contribution in [0.4, 0.5) is 28.3 Å². The second kappa shape index (κ2) is 16.8. The Bertz CT molecular complexity index is 2100. The van der Waals surface area contributed by atoms with Gasteiger partial charge in [-0.15, -0.1) is 0 Å². The topological polar surface area (TPSA) is 181 Å². The lowest BCUT2D eigenvalue weighted by Gasteiger charge is -2.34. The molecule has 7 unspecified atom stereocenters. The molecule has 20 heteroatoms. The number of halogens is 4. The van der Waals surface area contributed by atoms with Crippen LogP contribution in [0.15, 0.2) is 30.4 Å². The minimum Gasteiger partial charge on any atom is -0.497 e. The van der Waals surface area contributed by atoms with Crippen LogP contribution in [-0.2, 0) is 24.3 Å². The van der Waals surface area contributed by atoms with Crippen molar-refractivity contribution in [2.45, 2.75) is 113 Å². The Hall–Kier alpha value is -4.46. The Morgan fingerprint density at radius 2 is 1.82 bits per heavy atom. The van der Waals surface area contributed by atoms with E-state index in [0.717, 1.165) is 13.8 Å². The van der Waals surface area contributed by atoms with Crippen LogP contribution in [0.5, 0.6) is 11.6 Å². The summed E-state index contributed by atoms with van der Waals surface area (Å²) in [6.07, 6.45) is -1.14. The predicted octanol–water partition coefficient (Wildman–Crippen LogP) is 4.80. The number of rotatable bonds is 10. The summed E-state index contributed by atoms with van der Waals surface area (Å²) in [5, 5.41) is 6.07. The van der Waals surface area contributed by atoms with Crippen LogP contribution < -0.4 is 29.7 Å². The van der Waals surface area contributed by atoms with Crippen molar-refractivity contribution in [3.05, 3.63) is 30.4 Å². The van der Waals surface area contributed by atoms with Crippen molar-refractivity contribution in [1.82, 2.24) is 30.2 Å². The lowest BCUT2D eigenvalue weighted by Crippen LogP contribution is -2.58. The molecule has 6 rings (SSSR count). The summed E-state index contributed by atoms with van der Waals surface area (Å²) in [6.45, 7) is 4.28. The number of carbonyl (C=O) groups excluding carboxylic acids is 3. The number of hydrogen-bond acceptors (Lipinski definition) is 12. The van der Waals surface area contributed by atoms with Gasteiger partial charge in [0.25, 0.3) is 5.91 Å². The van der Waals surface area contributed by atoms with Gasteiger partial charge in [-0.05, 0) is 76.3 Å². The van der Waals surface area contributed by atoms with E-state index in [4.69, 9.17) is 14.2 Å². The number of allylic oxidation sites excluding steroid dienone is 1. The second-order valence-electron chi connectivity index (χ2n) is 17.5. The van der Waals surface area contributed by atoms with Gasteiger partial charge >= 0.3 is 12.3 Å². The first-order chi connectivity index (χ1) is 28.0. The molecule has 0 bridgehead atoms. The number of anilines is 1.